The summed E-state index contributed by atoms with van der Waals surface area (Å²) in [5.74, 6) is -0.332. The first-order valence-corrected chi connectivity index (χ1v) is 8.36. The monoisotopic (exact) mass is 296 g/mol. The van der Waals surface area contributed by atoms with Gasteiger partial charge < -0.3 is 11.1 Å². The molecule has 1 unspecified atom stereocenters. The summed E-state index contributed by atoms with van der Waals surface area (Å²) in [6.45, 7) is 8.00. The Morgan fingerprint density at radius 2 is 1.86 bits per heavy atom. The average Bonchev–Trinajstić information content (AvgIpc) is 2.28. The van der Waals surface area contributed by atoms with Crippen molar-refractivity contribution in [2.24, 2.45) is 23.5 Å². The highest BCUT2D eigenvalue weighted by atomic mass is 16.2. The van der Waals surface area contributed by atoms with Gasteiger partial charge in [-0.2, -0.15) is 0 Å². The maximum absolute atomic E-state index is 12.6. The van der Waals surface area contributed by atoms with E-state index in [1.165, 1.54) is 19.3 Å². The molecule has 2 amide bonds. The van der Waals surface area contributed by atoms with E-state index in [4.69, 9.17) is 5.73 Å². The van der Waals surface area contributed by atoms with E-state index in [0.717, 1.165) is 25.7 Å². The van der Waals surface area contributed by atoms with Gasteiger partial charge in [0, 0.05) is 17.4 Å². The lowest BCUT2D eigenvalue weighted by Crippen LogP contribution is -2.48. The number of carbonyl (C=O) groups is 2. The zero-order chi connectivity index (χ0) is 16.0. The number of nitrogens with one attached hydrogen (secondary N) is 1. The molecule has 2 atom stereocenters. The highest BCUT2D eigenvalue weighted by Gasteiger charge is 2.36. The third-order valence-electron chi connectivity index (χ3n) is 4.37. The van der Waals surface area contributed by atoms with E-state index in [9.17, 15) is 9.59 Å². The van der Waals surface area contributed by atoms with Gasteiger partial charge in [0.15, 0.2) is 0 Å². The molecule has 0 aliphatic heterocycles. The molecule has 122 valence electrons. The van der Waals surface area contributed by atoms with Crippen LogP contribution in [-0.4, -0.2) is 17.4 Å². The molecule has 1 aliphatic carbocycles. The van der Waals surface area contributed by atoms with Gasteiger partial charge in [0.2, 0.25) is 11.8 Å². The number of amides is 2. The minimum absolute atomic E-state index is 0.00527. The highest BCUT2D eigenvalue weighted by Crippen LogP contribution is 2.36. The number of carbonyl (C=O) groups excluding carboxylic acids is 2. The minimum Gasteiger partial charge on any atom is -0.369 e. The van der Waals surface area contributed by atoms with Gasteiger partial charge >= 0.3 is 0 Å². The van der Waals surface area contributed by atoms with E-state index in [0.29, 0.717) is 5.92 Å². The average molecular weight is 296 g/mol. The van der Waals surface area contributed by atoms with Crippen LogP contribution in [0, 0.1) is 17.8 Å². The molecule has 1 fully saturated rings. The summed E-state index contributed by atoms with van der Waals surface area (Å²) in [5.41, 5.74) is 5.32. The molecule has 4 nitrogen and oxygen atoms in total. The van der Waals surface area contributed by atoms with Crippen LogP contribution in [-0.2, 0) is 9.59 Å². The second-order valence-electron chi connectivity index (χ2n) is 7.53. The Bertz CT molecular complexity index is 356. The number of unbranched alkanes of at least 4 members (excludes halogenated alkanes) is 1. The Morgan fingerprint density at radius 1 is 1.24 bits per heavy atom. The molecule has 4 heteroatoms. The molecule has 0 aromatic rings. The topological polar surface area (TPSA) is 72.2 Å². The Kier molecular flexibility index (Phi) is 6.69. The molecule has 0 aromatic heterocycles. The number of rotatable bonds is 8. The van der Waals surface area contributed by atoms with Gasteiger partial charge in [-0.1, -0.05) is 39.0 Å². The summed E-state index contributed by atoms with van der Waals surface area (Å²) in [4.78, 5) is 24.5. The first-order valence-electron chi connectivity index (χ1n) is 8.36. The summed E-state index contributed by atoms with van der Waals surface area (Å²) in [6, 6.07) is 0. The van der Waals surface area contributed by atoms with E-state index in [-0.39, 0.29) is 29.2 Å². The van der Waals surface area contributed by atoms with Crippen molar-refractivity contribution in [3.63, 3.8) is 0 Å². The predicted molar refractivity (Wildman–Crippen MR) is 85.6 cm³/mol. The summed E-state index contributed by atoms with van der Waals surface area (Å²) >= 11 is 0. The number of nitrogens with two attached hydrogens (primary N) is 1. The maximum Gasteiger partial charge on any atom is 0.224 e. The summed E-state index contributed by atoms with van der Waals surface area (Å²) in [5, 5.41) is 3.04. The van der Waals surface area contributed by atoms with Crippen LogP contribution in [0.25, 0.3) is 0 Å². The van der Waals surface area contributed by atoms with Crippen LogP contribution in [0.15, 0.2) is 0 Å². The SMILES string of the molecule is CCCC[C@H](C(N)=O)C(CC1CCC1)C(=O)NC(C)(C)C. The second kappa shape index (κ2) is 7.81. The number of hydrogen-bond acceptors (Lipinski definition) is 2. The number of primary amides is 1. The Morgan fingerprint density at radius 3 is 2.24 bits per heavy atom. The van der Waals surface area contributed by atoms with Crippen LogP contribution in [0.4, 0.5) is 0 Å². The Balaban J connectivity index is 2.81. The van der Waals surface area contributed by atoms with Gasteiger partial charge in [0.25, 0.3) is 0 Å². The smallest absolute Gasteiger partial charge is 0.224 e. The van der Waals surface area contributed by atoms with Crippen molar-refractivity contribution in [2.45, 2.75) is 78.2 Å². The summed E-state index contributed by atoms with van der Waals surface area (Å²) in [7, 11) is 0. The van der Waals surface area contributed by atoms with Gasteiger partial charge in [-0.3, -0.25) is 9.59 Å². The van der Waals surface area contributed by atoms with Crippen molar-refractivity contribution < 1.29 is 9.59 Å². The van der Waals surface area contributed by atoms with Gasteiger partial charge in [-0.25, -0.2) is 0 Å². The van der Waals surface area contributed by atoms with Gasteiger partial charge in [-0.05, 0) is 39.5 Å². The van der Waals surface area contributed by atoms with Crippen molar-refractivity contribution in [1.29, 1.82) is 0 Å². The maximum atomic E-state index is 12.6. The molecule has 0 heterocycles. The second-order valence-corrected chi connectivity index (χ2v) is 7.53. The normalized spacial score (nSPS) is 18.7. The molecule has 1 aliphatic rings. The van der Waals surface area contributed by atoms with Crippen molar-refractivity contribution in [3.05, 3.63) is 0 Å². The molecule has 0 saturated heterocycles. The lowest BCUT2D eigenvalue weighted by atomic mass is 9.73. The lowest BCUT2D eigenvalue weighted by Gasteiger charge is -2.34. The predicted octanol–water partition coefficient (Wildman–Crippen LogP) is 3.00. The third-order valence-corrected chi connectivity index (χ3v) is 4.37. The van der Waals surface area contributed by atoms with Gasteiger partial charge in [0.1, 0.15) is 0 Å². The van der Waals surface area contributed by atoms with Crippen molar-refractivity contribution >= 4 is 11.8 Å². The van der Waals surface area contributed by atoms with Crippen molar-refractivity contribution in [1.82, 2.24) is 5.32 Å². The molecule has 3 N–H and O–H groups in total. The van der Waals surface area contributed by atoms with Crippen LogP contribution in [0.5, 0.6) is 0 Å². The fourth-order valence-electron chi connectivity index (χ4n) is 2.97. The van der Waals surface area contributed by atoms with E-state index in [2.05, 4.69) is 12.2 Å². The fraction of sp³-hybridized carbons (Fsp3) is 0.882. The molecule has 21 heavy (non-hydrogen) atoms. The van der Waals surface area contributed by atoms with E-state index >= 15 is 0 Å². The first kappa shape index (κ1) is 18.0. The zero-order valence-electron chi connectivity index (χ0n) is 14.1. The van der Waals surface area contributed by atoms with Crippen LogP contribution >= 0.6 is 0 Å². The van der Waals surface area contributed by atoms with E-state index in [1.807, 2.05) is 20.8 Å². The molecule has 1 rings (SSSR count). The fourth-order valence-corrected chi connectivity index (χ4v) is 2.97. The van der Waals surface area contributed by atoms with Crippen LogP contribution < -0.4 is 11.1 Å². The quantitative estimate of drug-likeness (QED) is 0.722. The zero-order valence-corrected chi connectivity index (χ0v) is 14.1. The standard InChI is InChI=1S/C17H32N2O2/c1-5-6-10-13(15(18)20)14(11-12-8-7-9-12)16(21)19-17(2,3)4/h12-14H,5-11H2,1-4H3,(H2,18,20)(H,19,21)/t13-,14?/m0/s1. The van der Waals surface area contributed by atoms with E-state index < -0.39 is 0 Å². The molecule has 0 aromatic carbocycles. The van der Waals surface area contributed by atoms with Crippen molar-refractivity contribution in [3.8, 4) is 0 Å². The first-order chi connectivity index (χ1) is 9.74. The summed E-state index contributed by atoms with van der Waals surface area (Å²) < 4.78 is 0. The molecule has 0 spiro atoms. The Hall–Kier alpha value is -1.06. The largest absolute Gasteiger partial charge is 0.369 e. The molecule has 0 radical (unpaired) electrons. The Labute approximate surface area is 129 Å². The third kappa shape index (κ3) is 6.06. The molecule has 0 bridgehead atoms. The van der Waals surface area contributed by atoms with Crippen molar-refractivity contribution in [2.75, 3.05) is 0 Å². The minimum atomic E-state index is -0.326. The van der Waals surface area contributed by atoms with Gasteiger partial charge in [-0.15, -0.1) is 0 Å². The van der Waals surface area contributed by atoms with Crippen LogP contribution in [0.1, 0.15) is 72.6 Å². The van der Waals surface area contributed by atoms with Gasteiger partial charge in [0.05, 0.1) is 0 Å². The molecular weight excluding hydrogens is 264 g/mol. The molecular formula is C17H32N2O2. The highest BCUT2D eigenvalue weighted by molar-refractivity contribution is 5.87. The molecule has 1 saturated carbocycles. The number of hydrogen-bond donors (Lipinski definition) is 2. The summed E-state index contributed by atoms with van der Waals surface area (Å²) in [6.07, 6.45) is 7.09. The van der Waals surface area contributed by atoms with E-state index in [1.54, 1.807) is 0 Å². The van der Waals surface area contributed by atoms with Crippen LogP contribution in [0.2, 0.25) is 0 Å². The lowest BCUT2D eigenvalue weighted by molar-refractivity contribution is -0.135. The van der Waals surface area contributed by atoms with Crippen LogP contribution in [0.3, 0.4) is 0 Å².